The molecule has 0 N–H and O–H groups in total. The molecule has 4 nitrogen and oxygen atoms in total. The van der Waals surface area contributed by atoms with Gasteiger partial charge in [-0.25, -0.2) is 0 Å². The van der Waals surface area contributed by atoms with Gasteiger partial charge in [0.25, 0.3) is 0 Å². The van der Waals surface area contributed by atoms with Crippen molar-refractivity contribution in [2.24, 2.45) is 11.8 Å². The molecule has 4 heteroatoms. The van der Waals surface area contributed by atoms with Crippen LogP contribution in [0.4, 0.5) is 0 Å². The molecule has 0 spiro atoms. The molecule has 1 saturated heterocycles. The maximum absolute atomic E-state index is 11.4. The summed E-state index contributed by atoms with van der Waals surface area (Å²) < 4.78 is 10.8. The molecule has 90 valence electrons. The maximum Gasteiger partial charge on any atom is 0.306 e. The van der Waals surface area contributed by atoms with E-state index < -0.39 is 0 Å². The standard InChI is InChI=1S/C12H18O4/c1-15-12-9-3-2-4-11(14)16-10(12)6-5-8(9)7-13/h7-10,12H,2-6H2,1H3/t8-,9?,10?,12+/m0/s1. The summed E-state index contributed by atoms with van der Waals surface area (Å²) in [5.74, 6) is 0.155. The predicted molar refractivity (Wildman–Crippen MR) is 56.8 cm³/mol. The molecule has 0 aromatic heterocycles. The summed E-state index contributed by atoms with van der Waals surface area (Å²) >= 11 is 0. The number of carbonyl (C=O) groups is 2. The Morgan fingerprint density at radius 3 is 2.88 bits per heavy atom. The van der Waals surface area contributed by atoms with Gasteiger partial charge in [0.1, 0.15) is 12.4 Å². The molecule has 2 fully saturated rings. The van der Waals surface area contributed by atoms with Crippen molar-refractivity contribution in [2.75, 3.05) is 7.11 Å². The molecule has 0 amide bonds. The van der Waals surface area contributed by atoms with Crippen molar-refractivity contribution in [3.8, 4) is 0 Å². The van der Waals surface area contributed by atoms with Crippen molar-refractivity contribution < 1.29 is 19.1 Å². The van der Waals surface area contributed by atoms with E-state index >= 15 is 0 Å². The minimum absolute atomic E-state index is 0.0676. The van der Waals surface area contributed by atoms with Crippen LogP contribution >= 0.6 is 0 Å². The molecule has 0 aromatic carbocycles. The lowest BCUT2D eigenvalue weighted by Gasteiger charge is -2.41. The summed E-state index contributed by atoms with van der Waals surface area (Å²) in [6, 6.07) is 0. The third kappa shape index (κ3) is 2.12. The number of methoxy groups -OCH3 is 1. The van der Waals surface area contributed by atoms with E-state index in [-0.39, 0.29) is 30.0 Å². The van der Waals surface area contributed by atoms with Gasteiger partial charge in [0, 0.05) is 19.4 Å². The van der Waals surface area contributed by atoms with Gasteiger partial charge in [-0.1, -0.05) is 0 Å². The summed E-state index contributed by atoms with van der Waals surface area (Å²) in [5, 5.41) is 0. The van der Waals surface area contributed by atoms with Gasteiger partial charge in [-0.15, -0.1) is 0 Å². The summed E-state index contributed by atoms with van der Waals surface area (Å²) in [6.45, 7) is 0. The molecule has 1 aliphatic heterocycles. The molecule has 0 aromatic rings. The van der Waals surface area contributed by atoms with Crippen LogP contribution in [0.1, 0.15) is 32.1 Å². The van der Waals surface area contributed by atoms with Crippen molar-refractivity contribution in [2.45, 2.75) is 44.3 Å². The van der Waals surface area contributed by atoms with Crippen LogP contribution in [0.3, 0.4) is 0 Å². The third-order valence-corrected chi connectivity index (χ3v) is 3.77. The second-order valence-corrected chi connectivity index (χ2v) is 4.66. The molecule has 1 saturated carbocycles. The Hall–Kier alpha value is -0.900. The second kappa shape index (κ2) is 4.95. The first-order valence-corrected chi connectivity index (χ1v) is 5.94. The summed E-state index contributed by atoms with van der Waals surface area (Å²) in [5.41, 5.74) is 0. The summed E-state index contributed by atoms with van der Waals surface area (Å²) in [6.07, 6.45) is 4.47. The fraction of sp³-hybridized carbons (Fsp3) is 0.833. The Labute approximate surface area is 95.3 Å². The van der Waals surface area contributed by atoms with Crippen LogP contribution in [-0.4, -0.2) is 31.6 Å². The monoisotopic (exact) mass is 226 g/mol. The molecular formula is C12H18O4. The number of ether oxygens (including phenoxy) is 2. The Bertz CT molecular complexity index is 276. The highest BCUT2D eigenvalue weighted by Gasteiger charge is 2.42. The zero-order chi connectivity index (χ0) is 11.5. The molecule has 4 atom stereocenters. The largest absolute Gasteiger partial charge is 0.460 e. The Kier molecular flexibility index (Phi) is 3.59. The van der Waals surface area contributed by atoms with E-state index in [1.54, 1.807) is 7.11 Å². The minimum atomic E-state index is -0.154. The molecule has 0 radical (unpaired) electrons. The van der Waals surface area contributed by atoms with E-state index in [4.69, 9.17) is 9.47 Å². The van der Waals surface area contributed by atoms with E-state index in [1.807, 2.05) is 0 Å². The Morgan fingerprint density at radius 2 is 2.19 bits per heavy atom. The van der Waals surface area contributed by atoms with Crippen molar-refractivity contribution in [1.29, 1.82) is 0 Å². The normalized spacial score (nSPS) is 39.4. The van der Waals surface area contributed by atoms with Gasteiger partial charge < -0.3 is 14.3 Å². The molecule has 2 aliphatic rings. The fourth-order valence-electron chi connectivity index (χ4n) is 2.96. The van der Waals surface area contributed by atoms with Gasteiger partial charge in [-0.05, 0) is 31.6 Å². The highest BCUT2D eigenvalue weighted by Crippen LogP contribution is 2.37. The zero-order valence-electron chi connectivity index (χ0n) is 9.56. The number of rotatable bonds is 2. The van der Waals surface area contributed by atoms with Crippen LogP contribution in [0.5, 0.6) is 0 Å². The van der Waals surface area contributed by atoms with Crippen LogP contribution in [0.15, 0.2) is 0 Å². The topological polar surface area (TPSA) is 52.6 Å². The number of carbonyl (C=O) groups excluding carboxylic acids is 2. The zero-order valence-corrected chi connectivity index (χ0v) is 9.56. The fourth-order valence-corrected chi connectivity index (χ4v) is 2.96. The van der Waals surface area contributed by atoms with Gasteiger partial charge in [0.05, 0.1) is 6.10 Å². The average molecular weight is 226 g/mol. The number of hydrogen-bond donors (Lipinski definition) is 0. The first kappa shape index (κ1) is 11.6. The maximum atomic E-state index is 11.4. The van der Waals surface area contributed by atoms with E-state index in [2.05, 4.69) is 0 Å². The lowest BCUT2D eigenvalue weighted by atomic mass is 9.73. The second-order valence-electron chi connectivity index (χ2n) is 4.66. The van der Waals surface area contributed by atoms with Gasteiger partial charge in [-0.3, -0.25) is 4.79 Å². The highest BCUT2D eigenvalue weighted by atomic mass is 16.6. The number of fused-ring (bicyclic) bond motifs is 2. The SMILES string of the molecule is CO[C@H]1C2CC[C@@H](C=O)C1CCCC(=O)O2. The van der Waals surface area contributed by atoms with Crippen LogP contribution in [0.2, 0.25) is 0 Å². The van der Waals surface area contributed by atoms with Crippen LogP contribution in [-0.2, 0) is 19.1 Å². The minimum Gasteiger partial charge on any atom is -0.460 e. The highest BCUT2D eigenvalue weighted by molar-refractivity contribution is 5.69. The van der Waals surface area contributed by atoms with Crippen LogP contribution in [0, 0.1) is 11.8 Å². The van der Waals surface area contributed by atoms with Gasteiger partial charge in [0.15, 0.2) is 0 Å². The Balaban J connectivity index is 2.17. The van der Waals surface area contributed by atoms with Gasteiger partial charge >= 0.3 is 5.97 Å². The summed E-state index contributed by atoms with van der Waals surface area (Å²) in [4.78, 5) is 22.4. The molecule has 1 aliphatic carbocycles. The van der Waals surface area contributed by atoms with Crippen molar-refractivity contribution in [1.82, 2.24) is 0 Å². The molecule has 2 unspecified atom stereocenters. The van der Waals surface area contributed by atoms with E-state index in [9.17, 15) is 9.59 Å². The first-order valence-electron chi connectivity index (χ1n) is 5.94. The lowest BCUT2D eigenvalue weighted by Crippen LogP contribution is -2.47. The number of esters is 1. The van der Waals surface area contributed by atoms with E-state index in [1.165, 1.54) is 0 Å². The van der Waals surface area contributed by atoms with Crippen molar-refractivity contribution in [3.05, 3.63) is 0 Å². The Morgan fingerprint density at radius 1 is 1.38 bits per heavy atom. The van der Waals surface area contributed by atoms with Crippen molar-refractivity contribution in [3.63, 3.8) is 0 Å². The van der Waals surface area contributed by atoms with E-state index in [0.29, 0.717) is 6.42 Å². The molecular weight excluding hydrogens is 208 g/mol. The smallest absolute Gasteiger partial charge is 0.306 e. The molecule has 2 bridgehead atoms. The van der Waals surface area contributed by atoms with Gasteiger partial charge in [0.2, 0.25) is 0 Å². The average Bonchev–Trinajstić information content (AvgIpc) is 2.28. The lowest BCUT2D eigenvalue weighted by molar-refractivity contribution is -0.170. The van der Waals surface area contributed by atoms with Crippen LogP contribution in [0.25, 0.3) is 0 Å². The number of hydrogen-bond acceptors (Lipinski definition) is 4. The quantitative estimate of drug-likeness (QED) is 0.526. The van der Waals surface area contributed by atoms with Crippen molar-refractivity contribution >= 4 is 12.3 Å². The van der Waals surface area contributed by atoms with Crippen LogP contribution < -0.4 is 0 Å². The molecule has 2 rings (SSSR count). The predicted octanol–water partition coefficient (Wildman–Crippen LogP) is 1.32. The number of aldehydes is 1. The third-order valence-electron chi connectivity index (χ3n) is 3.77. The van der Waals surface area contributed by atoms with E-state index in [0.717, 1.165) is 32.0 Å². The molecule has 1 heterocycles. The molecule has 16 heavy (non-hydrogen) atoms. The first-order chi connectivity index (χ1) is 7.76. The summed E-state index contributed by atoms with van der Waals surface area (Å²) in [7, 11) is 1.63. The van der Waals surface area contributed by atoms with Gasteiger partial charge in [-0.2, -0.15) is 0 Å².